The van der Waals surface area contributed by atoms with Gasteiger partial charge in [0.1, 0.15) is 6.04 Å². The maximum Gasteiger partial charge on any atom is 0.328 e. The van der Waals surface area contributed by atoms with Crippen molar-refractivity contribution < 1.29 is 9.90 Å². The zero-order chi connectivity index (χ0) is 10.8. The second-order valence-corrected chi connectivity index (χ2v) is 3.73. The van der Waals surface area contributed by atoms with Crippen LogP contribution in [0.25, 0.3) is 0 Å². The van der Waals surface area contributed by atoms with Gasteiger partial charge in [-0.1, -0.05) is 23.7 Å². The molecular weight excluding hydrogens is 216 g/mol. The summed E-state index contributed by atoms with van der Waals surface area (Å²) < 4.78 is 0. The average Bonchev–Trinajstić information content (AvgIpc) is 2.68. The lowest BCUT2D eigenvalue weighted by atomic mass is 10.0. The third-order valence-corrected chi connectivity index (χ3v) is 2.48. The molecule has 78 valence electrons. The zero-order valence-electron chi connectivity index (χ0n) is 7.77. The number of hydrazone groups is 1. The first-order valence-electron chi connectivity index (χ1n) is 4.47. The topological polar surface area (TPSA) is 61.7 Å². The van der Waals surface area contributed by atoms with Gasteiger partial charge in [0.05, 0.1) is 5.71 Å². The minimum atomic E-state index is -0.886. The molecule has 0 aromatic heterocycles. The highest BCUT2D eigenvalue weighted by Gasteiger charge is 2.25. The molecule has 0 fully saturated rings. The van der Waals surface area contributed by atoms with Crippen LogP contribution >= 0.6 is 11.6 Å². The number of hydrogen-bond donors (Lipinski definition) is 2. The Bertz CT molecular complexity index is 414. The van der Waals surface area contributed by atoms with Gasteiger partial charge in [0.2, 0.25) is 0 Å². The fourth-order valence-corrected chi connectivity index (χ4v) is 1.53. The first-order valence-corrected chi connectivity index (χ1v) is 4.85. The van der Waals surface area contributed by atoms with E-state index in [-0.39, 0.29) is 0 Å². The second kappa shape index (κ2) is 3.90. The van der Waals surface area contributed by atoms with Gasteiger partial charge in [-0.2, -0.15) is 5.10 Å². The summed E-state index contributed by atoms with van der Waals surface area (Å²) >= 11 is 5.75. The summed E-state index contributed by atoms with van der Waals surface area (Å²) in [7, 11) is 0. The van der Waals surface area contributed by atoms with Gasteiger partial charge in [-0.25, -0.2) is 4.79 Å². The maximum atomic E-state index is 10.7. The summed E-state index contributed by atoms with van der Waals surface area (Å²) in [5, 5.41) is 13.4. The number of carboxylic acid groups (broad SMARTS) is 1. The molecule has 5 heteroatoms. The number of hydrogen-bond acceptors (Lipinski definition) is 3. The van der Waals surface area contributed by atoms with Gasteiger partial charge in [0, 0.05) is 11.4 Å². The van der Waals surface area contributed by atoms with Crippen molar-refractivity contribution in [2.45, 2.75) is 12.5 Å². The monoisotopic (exact) mass is 224 g/mol. The standard InChI is InChI=1S/C10H9ClN2O2/c11-7-3-1-6(2-4-7)8-5-9(10(14)15)13-12-8/h1-4,9,13H,5H2,(H,14,15)/t9-/m0/s1. The highest BCUT2D eigenvalue weighted by molar-refractivity contribution is 6.30. The molecule has 0 aliphatic carbocycles. The zero-order valence-corrected chi connectivity index (χ0v) is 8.53. The van der Waals surface area contributed by atoms with Gasteiger partial charge >= 0.3 is 5.97 Å². The van der Waals surface area contributed by atoms with Gasteiger partial charge in [0.15, 0.2) is 0 Å². The number of nitrogens with one attached hydrogen (secondary N) is 1. The molecule has 0 spiro atoms. The predicted molar refractivity (Wildman–Crippen MR) is 57.2 cm³/mol. The Morgan fingerprint density at radius 3 is 2.67 bits per heavy atom. The molecule has 0 saturated heterocycles. The van der Waals surface area contributed by atoms with Crippen molar-refractivity contribution in [3.8, 4) is 0 Å². The van der Waals surface area contributed by atoms with Crippen molar-refractivity contribution in [1.29, 1.82) is 0 Å². The molecule has 1 aliphatic rings. The smallest absolute Gasteiger partial charge is 0.328 e. The summed E-state index contributed by atoms with van der Waals surface area (Å²) in [6.07, 6.45) is 0.400. The van der Waals surface area contributed by atoms with Crippen molar-refractivity contribution in [3.05, 3.63) is 34.9 Å². The minimum Gasteiger partial charge on any atom is -0.480 e. The Morgan fingerprint density at radius 1 is 1.47 bits per heavy atom. The Labute approximate surface area is 91.6 Å². The molecule has 1 aliphatic heterocycles. The molecule has 1 aromatic rings. The molecule has 2 rings (SSSR count). The Balaban J connectivity index is 2.14. The molecule has 1 heterocycles. The molecule has 0 amide bonds. The lowest BCUT2D eigenvalue weighted by Gasteiger charge is -2.02. The normalized spacial score (nSPS) is 19.5. The predicted octanol–water partition coefficient (Wildman–Crippen LogP) is 1.49. The summed E-state index contributed by atoms with van der Waals surface area (Å²) in [5.41, 5.74) is 4.22. The molecule has 0 unspecified atom stereocenters. The molecule has 4 nitrogen and oxygen atoms in total. The van der Waals surface area contributed by atoms with Gasteiger partial charge in [-0.3, -0.25) is 5.43 Å². The first kappa shape index (κ1) is 9.98. The molecule has 2 N–H and O–H groups in total. The van der Waals surface area contributed by atoms with E-state index in [2.05, 4.69) is 10.5 Å². The van der Waals surface area contributed by atoms with Gasteiger partial charge in [-0.05, 0) is 17.7 Å². The number of carbonyl (C=O) groups is 1. The van der Waals surface area contributed by atoms with E-state index in [1.54, 1.807) is 12.1 Å². The lowest BCUT2D eigenvalue weighted by molar-refractivity contribution is -0.139. The van der Waals surface area contributed by atoms with Gasteiger partial charge in [0.25, 0.3) is 0 Å². The van der Waals surface area contributed by atoms with E-state index in [0.717, 1.165) is 11.3 Å². The molecule has 15 heavy (non-hydrogen) atoms. The number of benzene rings is 1. The van der Waals surface area contributed by atoms with Crippen LogP contribution in [0.2, 0.25) is 5.02 Å². The van der Waals surface area contributed by atoms with E-state index in [1.165, 1.54) is 0 Å². The Kier molecular flexibility index (Phi) is 2.60. The van der Waals surface area contributed by atoms with Crippen LogP contribution in [-0.2, 0) is 4.79 Å². The number of rotatable bonds is 2. The van der Waals surface area contributed by atoms with Crippen LogP contribution in [0.1, 0.15) is 12.0 Å². The van der Waals surface area contributed by atoms with E-state index < -0.39 is 12.0 Å². The van der Waals surface area contributed by atoms with Crippen LogP contribution in [0, 0.1) is 0 Å². The van der Waals surface area contributed by atoms with Gasteiger partial charge < -0.3 is 5.11 Å². The maximum absolute atomic E-state index is 10.7. The fraction of sp³-hybridized carbons (Fsp3) is 0.200. The largest absolute Gasteiger partial charge is 0.480 e. The first-order chi connectivity index (χ1) is 7.16. The van der Waals surface area contributed by atoms with Crippen molar-refractivity contribution in [3.63, 3.8) is 0 Å². The number of aliphatic carboxylic acids is 1. The highest BCUT2D eigenvalue weighted by Crippen LogP contribution is 2.15. The molecule has 1 atom stereocenters. The van der Waals surface area contributed by atoms with Crippen LogP contribution < -0.4 is 5.43 Å². The van der Waals surface area contributed by atoms with Crippen LogP contribution in [0.15, 0.2) is 29.4 Å². The van der Waals surface area contributed by atoms with Crippen molar-refractivity contribution in [2.24, 2.45) is 5.10 Å². The van der Waals surface area contributed by atoms with E-state index in [4.69, 9.17) is 16.7 Å². The van der Waals surface area contributed by atoms with E-state index in [9.17, 15) is 4.79 Å². The fourth-order valence-electron chi connectivity index (χ4n) is 1.41. The summed E-state index contributed by atoms with van der Waals surface area (Å²) in [6, 6.07) is 6.55. The van der Waals surface area contributed by atoms with Gasteiger partial charge in [-0.15, -0.1) is 0 Å². The summed E-state index contributed by atoms with van der Waals surface area (Å²) in [5.74, 6) is -0.886. The Hall–Kier alpha value is -1.55. The molecular formula is C10H9ClN2O2. The highest BCUT2D eigenvalue weighted by atomic mass is 35.5. The van der Waals surface area contributed by atoms with E-state index in [1.807, 2.05) is 12.1 Å². The summed E-state index contributed by atoms with van der Waals surface area (Å²) in [4.78, 5) is 10.7. The van der Waals surface area contributed by atoms with Crippen LogP contribution in [0.5, 0.6) is 0 Å². The number of nitrogens with zero attached hydrogens (tertiary/aromatic N) is 1. The average molecular weight is 225 g/mol. The number of halogens is 1. The van der Waals surface area contributed by atoms with Crippen molar-refractivity contribution in [2.75, 3.05) is 0 Å². The van der Waals surface area contributed by atoms with Crippen molar-refractivity contribution in [1.82, 2.24) is 5.43 Å². The van der Waals surface area contributed by atoms with E-state index >= 15 is 0 Å². The Morgan fingerprint density at radius 2 is 2.13 bits per heavy atom. The molecule has 1 aromatic carbocycles. The molecule has 0 bridgehead atoms. The third-order valence-electron chi connectivity index (χ3n) is 2.23. The van der Waals surface area contributed by atoms with E-state index in [0.29, 0.717) is 11.4 Å². The van der Waals surface area contributed by atoms with Crippen LogP contribution in [0.3, 0.4) is 0 Å². The molecule has 0 radical (unpaired) electrons. The third kappa shape index (κ3) is 2.10. The van der Waals surface area contributed by atoms with Crippen LogP contribution in [0.4, 0.5) is 0 Å². The SMILES string of the molecule is O=C(O)[C@@H]1CC(c2ccc(Cl)cc2)=NN1. The quantitative estimate of drug-likeness (QED) is 0.800. The molecule has 0 saturated carbocycles. The minimum absolute atomic E-state index is 0.400. The lowest BCUT2D eigenvalue weighted by Crippen LogP contribution is -2.29. The number of carboxylic acids is 1. The summed E-state index contributed by atoms with van der Waals surface area (Å²) in [6.45, 7) is 0. The van der Waals surface area contributed by atoms with Crippen molar-refractivity contribution >= 4 is 23.3 Å². The second-order valence-electron chi connectivity index (χ2n) is 3.29. The van der Waals surface area contributed by atoms with Crippen LogP contribution in [-0.4, -0.2) is 22.8 Å².